The lowest BCUT2D eigenvalue weighted by Gasteiger charge is -2.24. The van der Waals surface area contributed by atoms with Crippen molar-refractivity contribution in [1.29, 1.82) is 0 Å². The zero-order valence-corrected chi connectivity index (χ0v) is 11.0. The summed E-state index contributed by atoms with van der Waals surface area (Å²) in [4.78, 5) is 11.5. The van der Waals surface area contributed by atoms with Crippen LogP contribution in [0.1, 0.15) is 41.0 Å². The number of carbonyl (C=O) groups excluding carboxylic acids is 1. The number of ether oxygens (including phenoxy) is 1. The van der Waals surface area contributed by atoms with E-state index in [-0.39, 0.29) is 6.04 Å². The molecule has 0 unspecified atom stereocenters. The largest absolute Gasteiger partial charge is 0.444 e. The fraction of sp³-hybridized carbons (Fsp3) is 0.909. The van der Waals surface area contributed by atoms with Crippen LogP contribution in [0.4, 0.5) is 4.79 Å². The third-order valence-electron chi connectivity index (χ3n) is 1.84. The SMILES string of the molecule is CC(C)C[C@@H](CNN)NC(=O)OC(C)(C)C. The second-order valence-corrected chi connectivity index (χ2v) is 5.38. The van der Waals surface area contributed by atoms with Gasteiger partial charge in [-0.15, -0.1) is 0 Å². The Labute approximate surface area is 98.1 Å². The lowest BCUT2D eigenvalue weighted by atomic mass is 10.0. The van der Waals surface area contributed by atoms with E-state index in [9.17, 15) is 4.79 Å². The van der Waals surface area contributed by atoms with Crippen LogP contribution in [0.25, 0.3) is 0 Å². The summed E-state index contributed by atoms with van der Waals surface area (Å²) in [5.41, 5.74) is 2.10. The Morgan fingerprint density at radius 2 is 1.94 bits per heavy atom. The van der Waals surface area contributed by atoms with Crippen LogP contribution in [0.15, 0.2) is 0 Å². The monoisotopic (exact) mass is 231 g/mol. The van der Waals surface area contributed by atoms with Gasteiger partial charge in [-0.1, -0.05) is 13.8 Å². The number of nitrogens with one attached hydrogen (secondary N) is 2. The van der Waals surface area contributed by atoms with Crippen molar-refractivity contribution in [3.05, 3.63) is 0 Å². The maximum absolute atomic E-state index is 11.5. The second-order valence-electron chi connectivity index (χ2n) is 5.38. The van der Waals surface area contributed by atoms with Crippen LogP contribution in [0, 0.1) is 5.92 Å². The van der Waals surface area contributed by atoms with E-state index < -0.39 is 11.7 Å². The molecule has 0 heterocycles. The summed E-state index contributed by atoms with van der Waals surface area (Å²) in [5.74, 6) is 5.76. The van der Waals surface area contributed by atoms with Crippen LogP contribution in [0.5, 0.6) is 0 Å². The molecule has 96 valence electrons. The van der Waals surface area contributed by atoms with E-state index in [1.54, 1.807) is 0 Å². The summed E-state index contributed by atoms with van der Waals surface area (Å²) in [6, 6.07) is -0.000139. The molecular weight excluding hydrogens is 206 g/mol. The fourth-order valence-corrected chi connectivity index (χ4v) is 1.38. The Bertz CT molecular complexity index is 212. The van der Waals surface area contributed by atoms with Crippen molar-refractivity contribution >= 4 is 6.09 Å². The molecule has 0 aliphatic carbocycles. The average molecular weight is 231 g/mol. The Morgan fingerprint density at radius 1 is 1.38 bits per heavy atom. The first-order chi connectivity index (χ1) is 7.24. The van der Waals surface area contributed by atoms with Crippen LogP contribution in [0.3, 0.4) is 0 Å². The number of hydrogen-bond donors (Lipinski definition) is 3. The number of carbonyl (C=O) groups is 1. The van der Waals surface area contributed by atoms with Gasteiger partial charge in [0.1, 0.15) is 5.60 Å². The number of nitrogens with two attached hydrogens (primary N) is 1. The Hall–Kier alpha value is -0.810. The molecule has 0 spiro atoms. The quantitative estimate of drug-likeness (QED) is 0.493. The van der Waals surface area contributed by atoms with Crippen molar-refractivity contribution in [3.63, 3.8) is 0 Å². The van der Waals surface area contributed by atoms with Gasteiger partial charge in [-0.05, 0) is 33.1 Å². The molecule has 0 aliphatic rings. The van der Waals surface area contributed by atoms with Crippen molar-refractivity contribution in [2.24, 2.45) is 11.8 Å². The average Bonchev–Trinajstić information content (AvgIpc) is 1.98. The highest BCUT2D eigenvalue weighted by molar-refractivity contribution is 5.68. The van der Waals surface area contributed by atoms with Gasteiger partial charge in [0.15, 0.2) is 0 Å². The third kappa shape index (κ3) is 8.49. The molecular formula is C11H25N3O2. The fourth-order valence-electron chi connectivity index (χ4n) is 1.38. The van der Waals surface area contributed by atoms with E-state index in [4.69, 9.17) is 10.6 Å². The van der Waals surface area contributed by atoms with Gasteiger partial charge in [-0.3, -0.25) is 11.3 Å². The molecule has 0 aliphatic heterocycles. The van der Waals surface area contributed by atoms with E-state index in [2.05, 4.69) is 24.6 Å². The topological polar surface area (TPSA) is 76.4 Å². The molecule has 0 aromatic rings. The molecule has 5 heteroatoms. The molecule has 0 saturated carbocycles. The first-order valence-corrected chi connectivity index (χ1v) is 5.67. The molecule has 16 heavy (non-hydrogen) atoms. The highest BCUT2D eigenvalue weighted by atomic mass is 16.6. The van der Waals surface area contributed by atoms with Gasteiger partial charge in [0.25, 0.3) is 0 Å². The predicted octanol–water partition coefficient (Wildman–Crippen LogP) is 1.39. The smallest absolute Gasteiger partial charge is 0.407 e. The highest BCUT2D eigenvalue weighted by Crippen LogP contribution is 2.08. The van der Waals surface area contributed by atoms with E-state index in [0.717, 1.165) is 6.42 Å². The van der Waals surface area contributed by atoms with Crippen molar-refractivity contribution in [1.82, 2.24) is 10.7 Å². The van der Waals surface area contributed by atoms with Crippen LogP contribution < -0.4 is 16.6 Å². The van der Waals surface area contributed by atoms with Crippen molar-refractivity contribution in [2.75, 3.05) is 6.54 Å². The van der Waals surface area contributed by atoms with E-state index in [0.29, 0.717) is 12.5 Å². The summed E-state index contributed by atoms with van der Waals surface area (Å²) < 4.78 is 5.18. The number of alkyl carbamates (subject to hydrolysis) is 1. The summed E-state index contributed by atoms with van der Waals surface area (Å²) in [6.07, 6.45) is 0.470. The van der Waals surface area contributed by atoms with Crippen molar-refractivity contribution in [3.8, 4) is 0 Å². The zero-order valence-electron chi connectivity index (χ0n) is 11.0. The molecule has 4 N–H and O–H groups in total. The number of hydrogen-bond acceptors (Lipinski definition) is 4. The predicted molar refractivity (Wildman–Crippen MR) is 64.8 cm³/mol. The van der Waals surface area contributed by atoms with E-state index >= 15 is 0 Å². The van der Waals surface area contributed by atoms with Gasteiger partial charge in [0, 0.05) is 12.6 Å². The van der Waals surface area contributed by atoms with Crippen molar-refractivity contribution < 1.29 is 9.53 Å². The minimum atomic E-state index is -0.470. The lowest BCUT2D eigenvalue weighted by Crippen LogP contribution is -2.46. The Kier molecular flexibility index (Phi) is 6.36. The van der Waals surface area contributed by atoms with Gasteiger partial charge >= 0.3 is 6.09 Å². The maximum Gasteiger partial charge on any atom is 0.407 e. The minimum absolute atomic E-state index is 0.000139. The van der Waals surface area contributed by atoms with Crippen LogP contribution in [0.2, 0.25) is 0 Å². The van der Waals surface area contributed by atoms with E-state index in [1.165, 1.54) is 0 Å². The normalized spacial score (nSPS) is 13.7. The summed E-state index contributed by atoms with van der Waals surface area (Å²) in [5, 5.41) is 2.80. The number of amides is 1. The van der Waals surface area contributed by atoms with Gasteiger partial charge in [-0.25, -0.2) is 4.79 Å². The lowest BCUT2D eigenvalue weighted by molar-refractivity contribution is 0.0498. The second kappa shape index (κ2) is 6.70. The highest BCUT2D eigenvalue weighted by Gasteiger charge is 2.19. The summed E-state index contributed by atoms with van der Waals surface area (Å²) >= 11 is 0. The van der Waals surface area contributed by atoms with Crippen LogP contribution >= 0.6 is 0 Å². The minimum Gasteiger partial charge on any atom is -0.444 e. The molecule has 1 atom stereocenters. The first-order valence-electron chi connectivity index (χ1n) is 5.67. The summed E-state index contributed by atoms with van der Waals surface area (Å²) in [7, 11) is 0. The molecule has 0 bridgehead atoms. The van der Waals surface area contributed by atoms with Gasteiger partial charge in [0.05, 0.1) is 0 Å². The zero-order chi connectivity index (χ0) is 12.8. The number of hydrazine groups is 1. The maximum atomic E-state index is 11.5. The molecule has 0 aromatic heterocycles. The van der Waals surface area contributed by atoms with E-state index in [1.807, 2.05) is 20.8 Å². The Balaban J connectivity index is 4.12. The summed E-state index contributed by atoms with van der Waals surface area (Å²) in [6.45, 7) is 10.2. The molecule has 0 radical (unpaired) electrons. The molecule has 0 fully saturated rings. The van der Waals surface area contributed by atoms with Crippen LogP contribution in [-0.4, -0.2) is 24.3 Å². The standard InChI is InChI=1S/C11H25N3O2/c1-8(2)6-9(7-13-12)14-10(15)16-11(3,4)5/h8-9,13H,6-7,12H2,1-5H3,(H,14,15)/t9-/m0/s1. The van der Waals surface area contributed by atoms with Gasteiger partial charge < -0.3 is 10.1 Å². The Morgan fingerprint density at radius 3 is 2.31 bits per heavy atom. The number of rotatable bonds is 5. The molecule has 0 saturated heterocycles. The third-order valence-corrected chi connectivity index (χ3v) is 1.84. The molecule has 0 aromatic carbocycles. The van der Waals surface area contributed by atoms with Crippen LogP contribution in [-0.2, 0) is 4.74 Å². The van der Waals surface area contributed by atoms with Gasteiger partial charge in [-0.2, -0.15) is 0 Å². The molecule has 5 nitrogen and oxygen atoms in total. The van der Waals surface area contributed by atoms with Crippen molar-refractivity contribution in [2.45, 2.75) is 52.7 Å². The van der Waals surface area contributed by atoms with Gasteiger partial charge in [0.2, 0.25) is 0 Å². The molecule has 0 rings (SSSR count). The first kappa shape index (κ1) is 15.2. The molecule has 1 amide bonds.